The van der Waals surface area contributed by atoms with Crippen LogP contribution in [0.25, 0.3) is 0 Å². The first kappa shape index (κ1) is 20.0. The number of halogens is 1. The lowest BCUT2D eigenvalue weighted by Crippen LogP contribution is -2.39. The van der Waals surface area contributed by atoms with Gasteiger partial charge in [0.25, 0.3) is 0 Å². The lowest BCUT2D eigenvalue weighted by atomic mass is 10.2. The second kappa shape index (κ2) is 11.5. The van der Waals surface area contributed by atoms with Gasteiger partial charge in [-0.2, -0.15) is 0 Å². The zero-order chi connectivity index (χ0) is 15.6. The van der Waals surface area contributed by atoms with Gasteiger partial charge in [0.05, 0.1) is 13.2 Å². The van der Waals surface area contributed by atoms with E-state index in [-0.39, 0.29) is 24.0 Å². The van der Waals surface area contributed by atoms with Crippen LogP contribution in [-0.2, 0) is 6.54 Å². The summed E-state index contributed by atoms with van der Waals surface area (Å²) in [6, 6.07) is 3.99. The minimum Gasteiger partial charge on any atom is -0.477 e. The first-order valence-electron chi connectivity index (χ1n) is 8.45. The summed E-state index contributed by atoms with van der Waals surface area (Å²) in [6.07, 6.45) is 6.46. The molecule has 1 aromatic rings. The highest BCUT2D eigenvalue weighted by molar-refractivity contribution is 14.0. The molecule has 0 unspecified atom stereocenters. The van der Waals surface area contributed by atoms with Gasteiger partial charge in [-0.15, -0.1) is 24.0 Å². The van der Waals surface area contributed by atoms with E-state index in [9.17, 15) is 0 Å². The molecule has 130 valence electrons. The molecular formula is C17H29IN4O. The van der Waals surface area contributed by atoms with E-state index in [0.717, 1.165) is 56.5 Å². The quantitative estimate of drug-likeness (QED) is 0.311. The van der Waals surface area contributed by atoms with E-state index < -0.39 is 0 Å². The number of aromatic nitrogens is 1. The fourth-order valence-corrected chi connectivity index (χ4v) is 2.50. The van der Waals surface area contributed by atoms with Crippen molar-refractivity contribution in [3.8, 4) is 5.88 Å². The first-order chi connectivity index (χ1) is 10.8. The minimum absolute atomic E-state index is 0. The molecule has 2 heterocycles. The molecule has 0 saturated carbocycles. The third kappa shape index (κ3) is 6.53. The van der Waals surface area contributed by atoms with Gasteiger partial charge < -0.3 is 15.0 Å². The Balaban J connectivity index is 0.00000264. The molecule has 1 aliphatic heterocycles. The number of pyridine rings is 1. The third-order valence-electron chi connectivity index (χ3n) is 3.73. The summed E-state index contributed by atoms with van der Waals surface area (Å²) in [5.41, 5.74) is 1.05. The van der Waals surface area contributed by atoms with Crippen molar-refractivity contribution in [2.24, 2.45) is 4.99 Å². The van der Waals surface area contributed by atoms with Gasteiger partial charge in [-0.05, 0) is 32.3 Å². The molecule has 0 amide bonds. The van der Waals surface area contributed by atoms with Crippen molar-refractivity contribution in [1.29, 1.82) is 0 Å². The molecule has 5 nitrogen and oxygen atoms in total. The number of hydrogen-bond acceptors (Lipinski definition) is 3. The van der Waals surface area contributed by atoms with Gasteiger partial charge in [0.15, 0.2) is 5.96 Å². The van der Waals surface area contributed by atoms with Crippen molar-refractivity contribution in [3.05, 3.63) is 23.9 Å². The second-order valence-corrected chi connectivity index (χ2v) is 5.53. The van der Waals surface area contributed by atoms with Gasteiger partial charge in [0.2, 0.25) is 5.88 Å². The van der Waals surface area contributed by atoms with Crippen molar-refractivity contribution in [2.45, 2.75) is 46.1 Å². The Hall–Kier alpha value is -1.05. The van der Waals surface area contributed by atoms with E-state index in [1.54, 1.807) is 6.20 Å². The maximum absolute atomic E-state index is 5.78. The Kier molecular flexibility index (Phi) is 9.98. The zero-order valence-corrected chi connectivity index (χ0v) is 16.6. The molecule has 6 heteroatoms. The summed E-state index contributed by atoms with van der Waals surface area (Å²) in [5, 5.41) is 3.38. The minimum atomic E-state index is 0. The second-order valence-electron chi connectivity index (χ2n) is 5.53. The highest BCUT2D eigenvalue weighted by Crippen LogP contribution is 2.16. The molecule has 1 aromatic heterocycles. The molecule has 2 rings (SSSR count). The van der Waals surface area contributed by atoms with Crippen LogP contribution in [0.15, 0.2) is 23.3 Å². The highest BCUT2D eigenvalue weighted by Gasteiger charge is 2.15. The summed E-state index contributed by atoms with van der Waals surface area (Å²) in [5.74, 6) is 1.72. The maximum Gasteiger partial charge on any atom is 0.218 e. The van der Waals surface area contributed by atoms with Crippen LogP contribution >= 0.6 is 24.0 Å². The first-order valence-corrected chi connectivity index (χ1v) is 8.45. The van der Waals surface area contributed by atoms with E-state index in [0.29, 0.717) is 6.54 Å². The summed E-state index contributed by atoms with van der Waals surface area (Å²) >= 11 is 0. The van der Waals surface area contributed by atoms with Crippen LogP contribution in [0.5, 0.6) is 5.88 Å². The van der Waals surface area contributed by atoms with Gasteiger partial charge in [-0.1, -0.05) is 19.4 Å². The maximum atomic E-state index is 5.78. The van der Waals surface area contributed by atoms with Gasteiger partial charge in [0.1, 0.15) is 0 Å². The number of nitrogens with zero attached hydrogens (tertiary/aromatic N) is 3. The number of rotatable bonds is 7. The number of aliphatic imine (C=N–C) groups is 1. The van der Waals surface area contributed by atoms with Gasteiger partial charge >= 0.3 is 0 Å². The molecule has 1 N–H and O–H groups in total. The Morgan fingerprint density at radius 2 is 2.13 bits per heavy atom. The fourth-order valence-electron chi connectivity index (χ4n) is 2.50. The van der Waals surface area contributed by atoms with E-state index in [4.69, 9.17) is 9.73 Å². The monoisotopic (exact) mass is 432 g/mol. The van der Waals surface area contributed by atoms with Crippen LogP contribution in [0, 0.1) is 0 Å². The fraction of sp³-hybridized carbons (Fsp3) is 0.647. The average Bonchev–Trinajstić information content (AvgIpc) is 3.07. The number of guanidine groups is 1. The van der Waals surface area contributed by atoms with Crippen molar-refractivity contribution in [3.63, 3.8) is 0 Å². The van der Waals surface area contributed by atoms with Crippen molar-refractivity contribution < 1.29 is 4.74 Å². The molecule has 0 radical (unpaired) electrons. The van der Waals surface area contributed by atoms with Crippen LogP contribution in [0.4, 0.5) is 0 Å². The number of hydrogen-bond donors (Lipinski definition) is 1. The van der Waals surface area contributed by atoms with Crippen LogP contribution in [0.1, 0.15) is 45.1 Å². The largest absolute Gasteiger partial charge is 0.477 e. The van der Waals surface area contributed by atoms with E-state index in [2.05, 4.69) is 29.0 Å². The molecule has 0 spiro atoms. The molecular weight excluding hydrogens is 403 g/mol. The zero-order valence-electron chi connectivity index (χ0n) is 14.3. The van der Waals surface area contributed by atoms with E-state index in [1.165, 1.54) is 12.8 Å². The molecule has 0 atom stereocenters. The molecule has 0 aromatic carbocycles. The van der Waals surface area contributed by atoms with Crippen LogP contribution in [0.2, 0.25) is 0 Å². The normalized spacial score (nSPS) is 14.5. The molecule has 1 fully saturated rings. The molecule has 0 aliphatic carbocycles. The topological polar surface area (TPSA) is 49.8 Å². The Bertz CT molecular complexity index is 475. The summed E-state index contributed by atoms with van der Waals surface area (Å²) in [6.45, 7) is 8.67. The molecule has 0 bridgehead atoms. The predicted molar refractivity (Wildman–Crippen MR) is 106 cm³/mol. The predicted octanol–water partition coefficient (Wildman–Crippen LogP) is 3.44. The van der Waals surface area contributed by atoms with Crippen molar-refractivity contribution in [1.82, 2.24) is 15.2 Å². The Morgan fingerprint density at radius 1 is 1.35 bits per heavy atom. The SMILES string of the molecule is CCCCOc1ncccc1CN=C(NCC)N1CCCC1.I. The van der Waals surface area contributed by atoms with Crippen LogP contribution in [0.3, 0.4) is 0 Å². The number of nitrogens with one attached hydrogen (secondary N) is 1. The van der Waals surface area contributed by atoms with Crippen molar-refractivity contribution >= 4 is 29.9 Å². The summed E-state index contributed by atoms with van der Waals surface area (Å²) < 4.78 is 5.78. The molecule has 23 heavy (non-hydrogen) atoms. The number of ether oxygens (including phenoxy) is 1. The van der Waals surface area contributed by atoms with Gasteiger partial charge in [-0.25, -0.2) is 9.98 Å². The van der Waals surface area contributed by atoms with E-state index >= 15 is 0 Å². The Morgan fingerprint density at radius 3 is 2.83 bits per heavy atom. The van der Waals surface area contributed by atoms with Gasteiger partial charge in [-0.3, -0.25) is 0 Å². The lowest BCUT2D eigenvalue weighted by molar-refractivity contribution is 0.294. The van der Waals surface area contributed by atoms with Gasteiger partial charge in [0, 0.05) is 31.4 Å². The number of unbranched alkanes of at least 4 members (excludes halogenated alkanes) is 1. The van der Waals surface area contributed by atoms with Crippen molar-refractivity contribution in [2.75, 3.05) is 26.2 Å². The highest BCUT2D eigenvalue weighted by atomic mass is 127. The summed E-state index contributed by atoms with van der Waals surface area (Å²) in [4.78, 5) is 11.4. The Labute approximate surface area is 156 Å². The average molecular weight is 432 g/mol. The summed E-state index contributed by atoms with van der Waals surface area (Å²) in [7, 11) is 0. The van der Waals surface area contributed by atoms with E-state index in [1.807, 2.05) is 12.1 Å². The number of likely N-dealkylation sites (tertiary alicyclic amines) is 1. The molecule has 1 aliphatic rings. The lowest BCUT2D eigenvalue weighted by Gasteiger charge is -2.20. The standard InChI is InChI=1S/C17H28N4O.HI/c1-3-5-13-22-16-15(9-8-10-19-16)14-20-17(18-4-2)21-11-6-7-12-21;/h8-10H,3-7,11-14H2,1-2H3,(H,18,20);1H. The van der Waals surface area contributed by atoms with Crippen LogP contribution in [-0.4, -0.2) is 42.1 Å². The molecule has 1 saturated heterocycles. The third-order valence-corrected chi connectivity index (χ3v) is 3.73. The smallest absolute Gasteiger partial charge is 0.218 e. The van der Waals surface area contributed by atoms with Crippen LogP contribution < -0.4 is 10.1 Å².